The summed E-state index contributed by atoms with van der Waals surface area (Å²) in [6.45, 7) is -0.0712. The van der Waals surface area contributed by atoms with Crippen LogP contribution in [0.2, 0.25) is 0 Å². The molecule has 1 amide bonds. The number of carbonyl (C=O) groups is 1. The summed E-state index contributed by atoms with van der Waals surface area (Å²) in [5, 5.41) is 12.6. The Balaban J connectivity index is 1.31. The zero-order valence-corrected chi connectivity index (χ0v) is 16.2. The molecule has 1 aliphatic carbocycles. The Hall–Kier alpha value is -3.80. The van der Waals surface area contributed by atoms with Crippen molar-refractivity contribution in [1.29, 1.82) is 5.26 Å². The summed E-state index contributed by atoms with van der Waals surface area (Å²) in [5.41, 5.74) is 0.549. The minimum absolute atomic E-state index is 0.0127. The van der Waals surface area contributed by atoms with Crippen LogP contribution in [0.25, 0.3) is 10.9 Å². The molecule has 1 aromatic carbocycles. The number of ether oxygens (including phenoxy) is 1. The fourth-order valence-corrected chi connectivity index (χ4v) is 3.62. The molecule has 152 valence electrons. The Morgan fingerprint density at radius 2 is 1.93 bits per heavy atom. The molecule has 1 N–H and O–H groups in total. The molecule has 0 atom stereocenters. The predicted octanol–water partition coefficient (Wildman–Crippen LogP) is 1.56. The van der Waals surface area contributed by atoms with Crippen molar-refractivity contribution >= 4 is 16.8 Å². The second-order valence-corrected chi connectivity index (χ2v) is 7.18. The molecule has 1 saturated carbocycles. The molecule has 0 bridgehead atoms. The number of hydrogen-bond acceptors (Lipinski definition) is 7. The molecule has 30 heavy (non-hydrogen) atoms. The highest BCUT2D eigenvalue weighted by atomic mass is 16.5. The Kier molecular flexibility index (Phi) is 5.66. The number of benzene rings is 1. The van der Waals surface area contributed by atoms with E-state index in [1.54, 1.807) is 18.2 Å². The molecule has 0 saturated heterocycles. The van der Waals surface area contributed by atoms with Crippen LogP contribution in [0.3, 0.4) is 0 Å². The van der Waals surface area contributed by atoms with E-state index < -0.39 is 0 Å². The van der Waals surface area contributed by atoms with Gasteiger partial charge in [-0.1, -0.05) is 12.1 Å². The molecule has 0 radical (unpaired) electrons. The molecule has 1 aliphatic rings. The van der Waals surface area contributed by atoms with Crippen molar-refractivity contribution < 1.29 is 9.53 Å². The monoisotopic (exact) mass is 404 g/mol. The molecular weight excluding hydrogens is 384 g/mol. The lowest BCUT2D eigenvalue weighted by molar-refractivity contribution is -0.122. The summed E-state index contributed by atoms with van der Waals surface area (Å²) in [4.78, 5) is 37.2. The van der Waals surface area contributed by atoms with Gasteiger partial charge in [-0.05, 0) is 37.8 Å². The largest absolute Gasteiger partial charge is 0.472 e. The van der Waals surface area contributed by atoms with Gasteiger partial charge in [0.25, 0.3) is 11.4 Å². The maximum atomic E-state index is 12.5. The first-order chi connectivity index (χ1) is 14.6. The Morgan fingerprint density at radius 1 is 1.17 bits per heavy atom. The SMILES string of the molecule is N#Cc1nccnc1OC1CCC(NC(=O)Cn2cnc3ccccc3c2=O)CC1. The highest BCUT2D eigenvalue weighted by molar-refractivity contribution is 5.79. The normalized spacial score (nSPS) is 18.5. The summed E-state index contributed by atoms with van der Waals surface area (Å²) in [6.07, 6.45) is 7.21. The van der Waals surface area contributed by atoms with Crippen LogP contribution >= 0.6 is 0 Å². The van der Waals surface area contributed by atoms with Gasteiger partial charge >= 0.3 is 0 Å². The number of nitrogens with one attached hydrogen (secondary N) is 1. The van der Waals surface area contributed by atoms with Crippen LogP contribution in [0.4, 0.5) is 0 Å². The van der Waals surface area contributed by atoms with Crippen molar-refractivity contribution in [2.75, 3.05) is 0 Å². The number of para-hydroxylation sites is 1. The van der Waals surface area contributed by atoms with E-state index in [-0.39, 0.29) is 41.7 Å². The van der Waals surface area contributed by atoms with Crippen molar-refractivity contribution in [3.8, 4) is 11.9 Å². The second kappa shape index (κ2) is 8.69. The van der Waals surface area contributed by atoms with Gasteiger partial charge in [0.1, 0.15) is 18.7 Å². The van der Waals surface area contributed by atoms with E-state index in [2.05, 4.69) is 20.3 Å². The van der Waals surface area contributed by atoms with E-state index in [0.29, 0.717) is 10.9 Å². The lowest BCUT2D eigenvalue weighted by Crippen LogP contribution is -2.42. The van der Waals surface area contributed by atoms with Crippen LogP contribution in [-0.2, 0) is 11.3 Å². The van der Waals surface area contributed by atoms with Crippen LogP contribution in [0.5, 0.6) is 5.88 Å². The average Bonchev–Trinajstić information content (AvgIpc) is 2.77. The minimum Gasteiger partial charge on any atom is -0.472 e. The van der Waals surface area contributed by atoms with E-state index in [0.717, 1.165) is 25.7 Å². The third kappa shape index (κ3) is 4.27. The zero-order valence-electron chi connectivity index (χ0n) is 16.2. The number of nitriles is 1. The smallest absolute Gasteiger partial charge is 0.261 e. The van der Waals surface area contributed by atoms with Crippen LogP contribution in [0.1, 0.15) is 31.4 Å². The van der Waals surface area contributed by atoms with Gasteiger partial charge in [0, 0.05) is 18.4 Å². The molecule has 2 heterocycles. The molecule has 0 aliphatic heterocycles. The summed E-state index contributed by atoms with van der Waals surface area (Å²) < 4.78 is 7.14. The number of carbonyl (C=O) groups excluding carboxylic acids is 1. The maximum absolute atomic E-state index is 12.5. The third-order valence-electron chi connectivity index (χ3n) is 5.13. The molecule has 9 heteroatoms. The molecule has 0 spiro atoms. The summed E-state index contributed by atoms with van der Waals surface area (Å²) in [5.74, 6) is 0.0231. The van der Waals surface area contributed by atoms with Crippen LogP contribution in [-0.4, -0.2) is 37.6 Å². The first-order valence-corrected chi connectivity index (χ1v) is 9.75. The lowest BCUT2D eigenvalue weighted by Gasteiger charge is -2.29. The molecule has 9 nitrogen and oxygen atoms in total. The van der Waals surface area contributed by atoms with Gasteiger partial charge in [-0.15, -0.1) is 0 Å². The quantitative estimate of drug-likeness (QED) is 0.684. The van der Waals surface area contributed by atoms with E-state index in [4.69, 9.17) is 10.00 Å². The van der Waals surface area contributed by atoms with Gasteiger partial charge in [0.15, 0.2) is 0 Å². The van der Waals surface area contributed by atoms with Crippen molar-refractivity contribution in [3.05, 3.63) is 59.0 Å². The maximum Gasteiger partial charge on any atom is 0.261 e. The van der Waals surface area contributed by atoms with Crippen molar-refractivity contribution in [2.45, 2.75) is 44.4 Å². The van der Waals surface area contributed by atoms with Gasteiger partial charge in [-0.25, -0.2) is 15.0 Å². The van der Waals surface area contributed by atoms with Crippen LogP contribution in [0, 0.1) is 11.3 Å². The van der Waals surface area contributed by atoms with Gasteiger partial charge in [0.05, 0.1) is 17.2 Å². The first kappa shape index (κ1) is 19.5. The number of fused-ring (bicyclic) bond motifs is 1. The molecule has 1 fully saturated rings. The van der Waals surface area contributed by atoms with Crippen LogP contribution < -0.4 is 15.6 Å². The fourth-order valence-electron chi connectivity index (χ4n) is 3.62. The number of nitrogens with zero attached hydrogens (tertiary/aromatic N) is 5. The first-order valence-electron chi connectivity index (χ1n) is 9.75. The van der Waals surface area contributed by atoms with Crippen LogP contribution in [0.15, 0.2) is 47.8 Å². The van der Waals surface area contributed by atoms with E-state index in [9.17, 15) is 9.59 Å². The topological polar surface area (TPSA) is 123 Å². The molecule has 0 unspecified atom stereocenters. The number of amides is 1. The van der Waals surface area contributed by atoms with E-state index >= 15 is 0 Å². The van der Waals surface area contributed by atoms with Crippen molar-refractivity contribution in [3.63, 3.8) is 0 Å². The molecule has 4 rings (SSSR count). The number of hydrogen-bond donors (Lipinski definition) is 1. The zero-order chi connectivity index (χ0) is 20.9. The average molecular weight is 404 g/mol. The molecule has 3 aromatic rings. The lowest BCUT2D eigenvalue weighted by atomic mass is 9.93. The molecule has 2 aromatic heterocycles. The van der Waals surface area contributed by atoms with Gasteiger partial charge in [0.2, 0.25) is 11.6 Å². The van der Waals surface area contributed by atoms with Gasteiger partial charge < -0.3 is 10.1 Å². The van der Waals surface area contributed by atoms with Gasteiger partial charge in [-0.2, -0.15) is 5.26 Å². The predicted molar refractivity (Wildman–Crippen MR) is 108 cm³/mol. The summed E-state index contributed by atoms with van der Waals surface area (Å²) in [6, 6.07) is 9.04. The highest BCUT2D eigenvalue weighted by Crippen LogP contribution is 2.24. The molecular formula is C21H20N6O3. The van der Waals surface area contributed by atoms with E-state index in [1.165, 1.54) is 23.3 Å². The minimum atomic E-state index is -0.231. The fraction of sp³-hybridized carbons (Fsp3) is 0.333. The van der Waals surface area contributed by atoms with Gasteiger partial charge in [-0.3, -0.25) is 14.2 Å². The summed E-state index contributed by atoms with van der Waals surface area (Å²) in [7, 11) is 0. The number of rotatable bonds is 5. The summed E-state index contributed by atoms with van der Waals surface area (Å²) >= 11 is 0. The third-order valence-corrected chi connectivity index (χ3v) is 5.13. The Labute approximate surface area is 172 Å². The van der Waals surface area contributed by atoms with Crippen molar-refractivity contribution in [1.82, 2.24) is 24.8 Å². The van der Waals surface area contributed by atoms with Crippen molar-refractivity contribution in [2.24, 2.45) is 0 Å². The van der Waals surface area contributed by atoms with E-state index in [1.807, 2.05) is 12.1 Å². The highest BCUT2D eigenvalue weighted by Gasteiger charge is 2.25. The Bertz CT molecular complexity index is 1160. The second-order valence-electron chi connectivity index (χ2n) is 7.18. The standard InChI is InChI=1S/C21H20N6O3/c22-11-18-20(24-10-9-23-18)30-15-7-5-14(6-8-15)26-19(28)12-27-13-25-17-4-2-1-3-16(17)21(27)29/h1-4,9-10,13-15H,5-8,12H2,(H,26,28). The Morgan fingerprint density at radius 3 is 2.73 bits per heavy atom. The number of aromatic nitrogens is 4.